The first-order valence-electron chi connectivity index (χ1n) is 6.79. The van der Waals surface area contributed by atoms with Gasteiger partial charge in [0, 0.05) is 5.92 Å². The van der Waals surface area contributed by atoms with E-state index in [2.05, 4.69) is 0 Å². The maximum atomic E-state index is 13.9. The highest BCUT2D eigenvalue weighted by Gasteiger charge is 2.83. The molecule has 1 saturated carbocycles. The highest BCUT2D eigenvalue weighted by molar-refractivity contribution is 5.16. The predicted molar refractivity (Wildman–Crippen MR) is 59.3 cm³/mol. The zero-order chi connectivity index (χ0) is 18.8. The van der Waals surface area contributed by atoms with Crippen LogP contribution in [-0.4, -0.2) is 29.9 Å². The Hall–Kier alpha value is -1.03. The first-order chi connectivity index (χ1) is 10.5. The Kier molecular flexibility index (Phi) is 4.21. The van der Waals surface area contributed by atoms with Gasteiger partial charge in [0.2, 0.25) is 0 Å². The van der Waals surface area contributed by atoms with Crippen molar-refractivity contribution in [1.82, 2.24) is 0 Å². The maximum Gasteiger partial charge on any atom is 0.395 e. The van der Waals surface area contributed by atoms with E-state index in [1.54, 1.807) is 0 Å². The quantitative estimate of drug-likeness (QED) is 0.427. The lowest BCUT2D eigenvalue weighted by molar-refractivity contribution is -0.386. The number of hydrogen-bond acceptors (Lipinski definition) is 0. The van der Waals surface area contributed by atoms with E-state index in [0.29, 0.717) is 0 Å². The summed E-state index contributed by atoms with van der Waals surface area (Å²) in [5.41, 5.74) is 0. The SMILES string of the molecule is FC(F)(F)CC(F)(F)C(F)(F)C(F)(F)C(F)(F)C1CC2C=CC1C2. The molecule has 0 aliphatic heterocycles. The number of alkyl halides is 11. The number of halogens is 11. The minimum absolute atomic E-state index is 0.0130. The molecule has 11 heteroatoms. The third-order valence-electron chi connectivity index (χ3n) is 4.44. The molecule has 2 aliphatic rings. The Labute approximate surface area is 128 Å². The normalized spacial score (nSPS) is 28.7. The minimum atomic E-state index is -6.87. The molecule has 3 unspecified atom stereocenters. The fraction of sp³-hybridized carbons (Fsp3) is 0.846. The van der Waals surface area contributed by atoms with Crippen molar-refractivity contribution in [1.29, 1.82) is 0 Å². The molecule has 0 radical (unpaired) electrons. The second-order valence-corrected chi connectivity index (χ2v) is 6.15. The van der Waals surface area contributed by atoms with Crippen molar-refractivity contribution in [3.05, 3.63) is 12.2 Å². The molecule has 0 aromatic carbocycles. The van der Waals surface area contributed by atoms with Gasteiger partial charge in [0.1, 0.15) is 6.42 Å². The van der Waals surface area contributed by atoms with Gasteiger partial charge in [-0.25, -0.2) is 0 Å². The van der Waals surface area contributed by atoms with Gasteiger partial charge in [-0.15, -0.1) is 0 Å². The van der Waals surface area contributed by atoms with Gasteiger partial charge >= 0.3 is 29.9 Å². The summed E-state index contributed by atoms with van der Waals surface area (Å²) in [4.78, 5) is 0. The van der Waals surface area contributed by atoms with E-state index in [0.717, 1.165) is 6.08 Å². The Bertz CT molecular complexity index is 517. The highest BCUT2D eigenvalue weighted by Crippen LogP contribution is 2.61. The standard InChI is InChI=1S/C13H11F11/c14-9(15,5-10(16,17)18)12(21,22)13(23,24)11(19,20)8-4-6-1-2-7(8)3-6/h1-2,6-8H,3-5H2. The van der Waals surface area contributed by atoms with E-state index in [9.17, 15) is 48.3 Å². The first-order valence-corrected chi connectivity index (χ1v) is 6.79. The summed E-state index contributed by atoms with van der Waals surface area (Å²) in [6, 6.07) is 0. The molecule has 0 saturated heterocycles. The van der Waals surface area contributed by atoms with Crippen LogP contribution < -0.4 is 0 Å². The fourth-order valence-corrected chi connectivity index (χ4v) is 3.23. The van der Waals surface area contributed by atoms with Crippen LogP contribution in [-0.2, 0) is 0 Å². The molecule has 140 valence electrons. The largest absolute Gasteiger partial charge is 0.395 e. The summed E-state index contributed by atoms with van der Waals surface area (Å²) in [6.45, 7) is 0. The van der Waals surface area contributed by atoms with Gasteiger partial charge < -0.3 is 0 Å². The van der Waals surface area contributed by atoms with Crippen LogP contribution in [0.2, 0.25) is 0 Å². The van der Waals surface area contributed by atoms with Gasteiger partial charge in [-0.1, -0.05) is 12.2 Å². The Balaban J connectivity index is 2.34. The van der Waals surface area contributed by atoms with Crippen molar-refractivity contribution in [2.24, 2.45) is 17.8 Å². The van der Waals surface area contributed by atoms with Crippen molar-refractivity contribution in [3.8, 4) is 0 Å². The topological polar surface area (TPSA) is 0 Å². The molecular formula is C13H11F11. The van der Waals surface area contributed by atoms with E-state index < -0.39 is 60.5 Å². The second-order valence-electron chi connectivity index (χ2n) is 6.15. The van der Waals surface area contributed by atoms with Gasteiger partial charge in [0.15, 0.2) is 0 Å². The summed E-state index contributed by atoms with van der Waals surface area (Å²) < 4.78 is 144. The molecule has 0 N–H and O–H groups in total. The summed E-state index contributed by atoms with van der Waals surface area (Å²) in [7, 11) is 0. The molecule has 3 atom stereocenters. The Morgan fingerprint density at radius 3 is 1.62 bits per heavy atom. The van der Waals surface area contributed by atoms with Crippen molar-refractivity contribution in [2.45, 2.75) is 49.1 Å². The zero-order valence-electron chi connectivity index (χ0n) is 11.7. The van der Waals surface area contributed by atoms with Gasteiger partial charge in [0.05, 0.1) is 0 Å². The smallest absolute Gasteiger partial charge is 0.199 e. The number of fused-ring (bicyclic) bond motifs is 2. The number of rotatable bonds is 5. The van der Waals surface area contributed by atoms with Crippen LogP contribution in [0, 0.1) is 17.8 Å². The second kappa shape index (κ2) is 5.23. The van der Waals surface area contributed by atoms with Crippen molar-refractivity contribution in [2.75, 3.05) is 0 Å². The Morgan fingerprint density at radius 1 is 0.708 bits per heavy atom. The lowest BCUT2D eigenvalue weighted by Gasteiger charge is -2.40. The van der Waals surface area contributed by atoms with Gasteiger partial charge in [-0.3, -0.25) is 0 Å². The molecule has 1 fully saturated rings. The summed E-state index contributed by atoms with van der Waals surface area (Å²) in [6.07, 6.45) is -7.67. The van der Waals surface area contributed by atoms with E-state index >= 15 is 0 Å². The van der Waals surface area contributed by atoms with Crippen LogP contribution in [0.1, 0.15) is 19.3 Å². The maximum absolute atomic E-state index is 13.9. The van der Waals surface area contributed by atoms with Crippen molar-refractivity contribution >= 4 is 0 Å². The molecular weight excluding hydrogens is 365 g/mol. The van der Waals surface area contributed by atoms with Crippen LogP contribution in [0.5, 0.6) is 0 Å². The van der Waals surface area contributed by atoms with E-state index in [-0.39, 0.29) is 6.42 Å². The zero-order valence-corrected chi connectivity index (χ0v) is 11.7. The molecule has 0 amide bonds. The molecule has 2 bridgehead atoms. The molecule has 0 aromatic heterocycles. The average molecular weight is 376 g/mol. The first kappa shape index (κ1) is 19.3. The van der Waals surface area contributed by atoms with Crippen molar-refractivity contribution in [3.63, 3.8) is 0 Å². The molecule has 24 heavy (non-hydrogen) atoms. The molecule has 0 nitrogen and oxygen atoms in total. The van der Waals surface area contributed by atoms with Crippen LogP contribution in [0.15, 0.2) is 12.2 Å². The van der Waals surface area contributed by atoms with Gasteiger partial charge in [0.25, 0.3) is 0 Å². The van der Waals surface area contributed by atoms with E-state index in [1.807, 2.05) is 0 Å². The monoisotopic (exact) mass is 376 g/mol. The molecule has 2 rings (SSSR count). The highest BCUT2D eigenvalue weighted by atomic mass is 19.4. The lowest BCUT2D eigenvalue weighted by atomic mass is 9.81. The molecule has 2 aliphatic carbocycles. The molecule has 0 heterocycles. The van der Waals surface area contributed by atoms with E-state index in [4.69, 9.17) is 0 Å². The summed E-state index contributed by atoms with van der Waals surface area (Å²) >= 11 is 0. The summed E-state index contributed by atoms with van der Waals surface area (Å²) in [5.74, 6) is -29.6. The van der Waals surface area contributed by atoms with Crippen LogP contribution in [0.3, 0.4) is 0 Å². The van der Waals surface area contributed by atoms with Gasteiger partial charge in [-0.05, 0) is 24.7 Å². The van der Waals surface area contributed by atoms with Crippen LogP contribution in [0.4, 0.5) is 48.3 Å². The van der Waals surface area contributed by atoms with Gasteiger partial charge in [-0.2, -0.15) is 48.3 Å². The fourth-order valence-electron chi connectivity index (χ4n) is 3.23. The predicted octanol–water partition coefficient (Wildman–Crippen LogP) is 5.69. The molecule has 0 aromatic rings. The average Bonchev–Trinajstić information content (AvgIpc) is 2.97. The van der Waals surface area contributed by atoms with Crippen LogP contribution >= 0.6 is 0 Å². The summed E-state index contributed by atoms with van der Waals surface area (Å²) in [5, 5.41) is 0. The Morgan fingerprint density at radius 2 is 1.25 bits per heavy atom. The lowest BCUT2D eigenvalue weighted by Crippen LogP contribution is -2.65. The third-order valence-corrected chi connectivity index (χ3v) is 4.44. The number of hydrogen-bond donors (Lipinski definition) is 0. The van der Waals surface area contributed by atoms with Crippen LogP contribution in [0.25, 0.3) is 0 Å². The third kappa shape index (κ3) is 2.77. The van der Waals surface area contributed by atoms with Crippen molar-refractivity contribution < 1.29 is 48.3 Å². The minimum Gasteiger partial charge on any atom is -0.199 e. The number of allylic oxidation sites excluding steroid dienone is 2. The van der Waals surface area contributed by atoms with E-state index in [1.165, 1.54) is 6.08 Å². The molecule has 0 spiro atoms.